The highest BCUT2D eigenvalue weighted by Gasteiger charge is 2.11. The Morgan fingerprint density at radius 2 is 1.94 bits per heavy atom. The van der Waals surface area contributed by atoms with Gasteiger partial charge in [0.25, 0.3) is 6.43 Å². The molecule has 0 saturated carbocycles. The maximum atomic E-state index is 12.5. The van der Waals surface area contributed by atoms with Gasteiger partial charge in [0, 0.05) is 17.3 Å². The Balaban J connectivity index is 2.97. The van der Waals surface area contributed by atoms with Crippen LogP contribution in [0.5, 0.6) is 0 Å². The van der Waals surface area contributed by atoms with Crippen LogP contribution in [0.4, 0.5) is 8.78 Å². The zero-order valence-corrected chi connectivity index (χ0v) is 11.5. The predicted octanol–water partition coefficient (Wildman–Crippen LogP) is 4.03. The quantitative estimate of drug-likeness (QED) is 0.729. The van der Waals surface area contributed by atoms with Crippen molar-refractivity contribution in [2.24, 2.45) is 0 Å². The van der Waals surface area contributed by atoms with Crippen LogP contribution < -0.4 is 0 Å². The average Bonchev–Trinajstić information content (AvgIpc) is 2.29. The molecule has 0 unspecified atom stereocenters. The third-order valence-electron chi connectivity index (χ3n) is 2.16. The van der Waals surface area contributed by atoms with Crippen molar-refractivity contribution < 1.29 is 13.6 Å². The maximum Gasteiger partial charge on any atom is 0.263 e. The van der Waals surface area contributed by atoms with E-state index in [4.69, 9.17) is 0 Å². The molecule has 0 spiro atoms. The van der Waals surface area contributed by atoms with Crippen molar-refractivity contribution in [1.29, 1.82) is 0 Å². The number of rotatable bonds is 5. The number of hydrogen-bond acceptors (Lipinski definition) is 1. The van der Waals surface area contributed by atoms with E-state index in [1.54, 1.807) is 6.07 Å². The molecule has 1 aromatic carbocycles. The highest BCUT2D eigenvalue weighted by Crippen LogP contribution is 2.23. The van der Waals surface area contributed by atoms with Crippen molar-refractivity contribution in [2.45, 2.75) is 18.2 Å². The van der Waals surface area contributed by atoms with Crippen molar-refractivity contribution in [1.82, 2.24) is 0 Å². The third-order valence-corrected chi connectivity index (χ3v) is 3.39. The summed E-state index contributed by atoms with van der Waals surface area (Å²) in [6, 6.07) is 4.41. The Morgan fingerprint density at radius 1 is 1.25 bits per heavy atom. The Hall–Kier alpha value is -0.290. The smallest absolute Gasteiger partial charge is 0.263 e. The van der Waals surface area contributed by atoms with Crippen LogP contribution in [0, 0.1) is 0 Å². The predicted molar refractivity (Wildman–Crippen MR) is 66.5 cm³/mol. The van der Waals surface area contributed by atoms with Crippen LogP contribution in [0.25, 0.3) is 0 Å². The molecule has 0 fully saturated rings. The lowest BCUT2D eigenvalue weighted by Crippen LogP contribution is -2.06. The van der Waals surface area contributed by atoms with Crippen LogP contribution in [0.15, 0.2) is 18.2 Å². The monoisotopic (exact) mass is 354 g/mol. The van der Waals surface area contributed by atoms with Gasteiger partial charge in [0.1, 0.15) is 5.78 Å². The van der Waals surface area contributed by atoms with Gasteiger partial charge >= 0.3 is 0 Å². The summed E-state index contributed by atoms with van der Waals surface area (Å²) in [5.74, 6) is 0.0343. The lowest BCUT2D eigenvalue weighted by Gasteiger charge is -2.08. The Morgan fingerprint density at radius 3 is 2.44 bits per heavy atom. The molecule has 1 rings (SSSR count). The lowest BCUT2D eigenvalue weighted by atomic mass is 10.0. The molecule has 0 aromatic heterocycles. The average molecular weight is 356 g/mol. The molecule has 0 radical (unpaired) electrons. The molecule has 0 bridgehead atoms. The zero-order chi connectivity index (χ0) is 12.1. The second kappa shape index (κ2) is 6.45. The minimum Gasteiger partial charge on any atom is -0.298 e. The van der Waals surface area contributed by atoms with Crippen LogP contribution in [-0.2, 0) is 16.5 Å². The van der Waals surface area contributed by atoms with Crippen LogP contribution in [-0.4, -0.2) is 11.1 Å². The molecular weight excluding hydrogens is 346 g/mol. The number of alkyl halides is 4. The summed E-state index contributed by atoms with van der Waals surface area (Å²) in [6.45, 7) is 0. The largest absolute Gasteiger partial charge is 0.298 e. The summed E-state index contributed by atoms with van der Waals surface area (Å²) in [6.07, 6.45) is -2.20. The van der Waals surface area contributed by atoms with Gasteiger partial charge in [-0.05, 0) is 17.2 Å². The summed E-state index contributed by atoms with van der Waals surface area (Å²) in [4.78, 5) is 11.3. The van der Waals surface area contributed by atoms with Crippen molar-refractivity contribution in [2.75, 3.05) is 5.33 Å². The molecule has 0 heterocycles. The van der Waals surface area contributed by atoms with Gasteiger partial charge in [0.15, 0.2) is 0 Å². The SMILES string of the molecule is O=C(CBr)Cc1ccc(C(F)F)cc1CBr. The Kier molecular flexibility index (Phi) is 5.55. The van der Waals surface area contributed by atoms with E-state index in [-0.39, 0.29) is 23.1 Å². The topological polar surface area (TPSA) is 17.1 Å². The number of carbonyl (C=O) groups is 1. The first kappa shape index (κ1) is 13.8. The van der Waals surface area contributed by atoms with Gasteiger partial charge in [-0.15, -0.1) is 0 Å². The van der Waals surface area contributed by atoms with E-state index in [0.717, 1.165) is 11.1 Å². The summed E-state index contributed by atoms with van der Waals surface area (Å²) >= 11 is 6.31. The van der Waals surface area contributed by atoms with Gasteiger partial charge in [0.2, 0.25) is 0 Å². The van der Waals surface area contributed by atoms with Gasteiger partial charge in [-0.3, -0.25) is 4.79 Å². The molecular formula is C11H10Br2F2O. The highest BCUT2D eigenvalue weighted by molar-refractivity contribution is 9.09. The van der Waals surface area contributed by atoms with Gasteiger partial charge in [-0.1, -0.05) is 44.0 Å². The molecule has 0 atom stereocenters. The fraction of sp³-hybridized carbons (Fsp3) is 0.364. The molecule has 88 valence electrons. The second-order valence-corrected chi connectivity index (χ2v) is 4.43. The van der Waals surface area contributed by atoms with Crippen LogP contribution in [0.2, 0.25) is 0 Å². The number of benzene rings is 1. The molecule has 16 heavy (non-hydrogen) atoms. The van der Waals surface area contributed by atoms with E-state index in [2.05, 4.69) is 31.9 Å². The van der Waals surface area contributed by atoms with Gasteiger partial charge in [0.05, 0.1) is 5.33 Å². The van der Waals surface area contributed by atoms with E-state index < -0.39 is 6.43 Å². The first-order valence-electron chi connectivity index (χ1n) is 4.62. The van der Waals surface area contributed by atoms with Crippen LogP contribution in [0.3, 0.4) is 0 Å². The molecule has 1 nitrogen and oxygen atoms in total. The molecule has 0 amide bonds. The first-order valence-corrected chi connectivity index (χ1v) is 6.86. The standard InChI is InChI=1S/C11H10Br2F2O/c12-5-9-3-8(11(14)15)2-1-7(9)4-10(16)6-13/h1-3,11H,4-6H2. The lowest BCUT2D eigenvalue weighted by molar-refractivity contribution is -0.115. The fourth-order valence-corrected chi connectivity index (χ4v) is 2.06. The summed E-state index contributed by atoms with van der Waals surface area (Å²) in [5.41, 5.74) is 1.53. The highest BCUT2D eigenvalue weighted by atomic mass is 79.9. The Bertz CT molecular complexity index is 380. The van der Waals surface area contributed by atoms with Gasteiger partial charge in [-0.2, -0.15) is 0 Å². The van der Waals surface area contributed by atoms with Crippen LogP contribution in [0.1, 0.15) is 23.1 Å². The molecule has 0 aliphatic heterocycles. The molecule has 1 aromatic rings. The van der Waals surface area contributed by atoms with Crippen molar-refractivity contribution in [3.63, 3.8) is 0 Å². The normalized spacial score (nSPS) is 10.8. The number of halogens is 4. The van der Waals surface area contributed by atoms with Gasteiger partial charge < -0.3 is 0 Å². The number of Topliss-reactive ketones (excluding diaryl/α,β-unsaturated/α-hetero) is 1. The zero-order valence-electron chi connectivity index (χ0n) is 8.35. The number of hydrogen-bond donors (Lipinski definition) is 0. The van der Waals surface area contributed by atoms with Crippen molar-refractivity contribution in [3.05, 3.63) is 34.9 Å². The van der Waals surface area contributed by atoms with Crippen molar-refractivity contribution in [3.8, 4) is 0 Å². The minimum absolute atomic E-state index is 0.00973. The molecule has 0 N–H and O–H groups in total. The number of ketones is 1. The second-order valence-electron chi connectivity index (χ2n) is 3.31. The van der Waals surface area contributed by atoms with Crippen LogP contribution >= 0.6 is 31.9 Å². The summed E-state index contributed by atoms with van der Waals surface area (Å²) in [7, 11) is 0. The Labute approximate surface area is 109 Å². The molecule has 0 aliphatic carbocycles. The summed E-state index contributed by atoms with van der Waals surface area (Å²) in [5, 5.41) is 0.754. The molecule has 5 heteroatoms. The van der Waals surface area contributed by atoms with Gasteiger partial charge in [-0.25, -0.2) is 8.78 Å². The van der Waals surface area contributed by atoms with E-state index in [9.17, 15) is 13.6 Å². The molecule has 0 aliphatic rings. The van der Waals surface area contributed by atoms with E-state index in [1.165, 1.54) is 12.1 Å². The minimum atomic E-state index is -2.47. The van der Waals surface area contributed by atoms with E-state index in [1.807, 2.05) is 0 Å². The maximum absolute atomic E-state index is 12.5. The first-order chi connectivity index (χ1) is 7.58. The summed E-state index contributed by atoms with van der Waals surface area (Å²) < 4.78 is 24.9. The fourth-order valence-electron chi connectivity index (χ4n) is 1.34. The van der Waals surface area contributed by atoms with E-state index in [0.29, 0.717) is 5.33 Å². The number of carbonyl (C=O) groups excluding carboxylic acids is 1. The third kappa shape index (κ3) is 3.63. The molecule has 0 saturated heterocycles. The van der Waals surface area contributed by atoms with E-state index >= 15 is 0 Å². The van der Waals surface area contributed by atoms with Crippen molar-refractivity contribution >= 4 is 37.6 Å².